The second-order valence-electron chi connectivity index (χ2n) is 3.01. The smallest absolute Gasteiger partial charge is 0 e. The summed E-state index contributed by atoms with van der Waals surface area (Å²) in [4.78, 5) is 17.7. The third kappa shape index (κ3) is 14.1. The maximum absolute atomic E-state index is 7.50. The fourth-order valence-electron chi connectivity index (χ4n) is 1.12. The summed E-state index contributed by atoms with van der Waals surface area (Å²) >= 11 is 0. The van der Waals surface area contributed by atoms with Crippen LogP contribution >= 0.6 is 0 Å². The summed E-state index contributed by atoms with van der Waals surface area (Å²) in [5.41, 5.74) is 0.796. The molecule has 1 aromatic rings. The standard InChI is InChI=1S/C10H12N2O3.3CO.ClH.Mn/c1-2-13-10(14-15-10)8-11-7-9-5-3-4-6-12-9;3*1-2;;/h3-7H,2,8H2,1H3;;;;1H;/p-1. The average Bonchev–Trinajstić information content (AvgIpc) is 3.34. The van der Waals surface area contributed by atoms with E-state index in [0.29, 0.717) is 13.2 Å². The van der Waals surface area contributed by atoms with Crippen LogP contribution in [0.25, 0.3) is 0 Å². The van der Waals surface area contributed by atoms with Crippen molar-refractivity contribution in [1.29, 1.82) is 0 Å². The van der Waals surface area contributed by atoms with Gasteiger partial charge in [0, 0.05) is 36.1 Å². The maximum Gasteiger partial charge on any atom is 0 e. The van der Waals surface area contributed by atoms with E-state index in [2.05, 4.69) is 29.9 Å². The van der Waals surface area contributed by atoms with Crippen molar-refractivity contribution < 1.29 is 57.9 Å². The number of hydrogen-bond donors (Lipinski definition) is 0. The van der Waals surface area contributed by atoms with Crippen molar-refractivity contribution >= 4 is 6.21 Å². The van der Waals surface area contributed by atoms with Crippen LogP contribution in [-0.4, -0.2) is 30.3 Å². The zero-order chi connectivity index (χ0) is 16.6. The monoisotopic (exact) mass is 382 g/mol. The molecule has 10 heteroatoms. The van der Waals surface area contributed by atoms with Crippen LogP contribution < -0.4 is 12.4 Å². The summed E-state index contributed by atoms with van der Waals surface area (Å²) in [6.45, 7) is 16.2. The van der Waals surface area contributed by atoms with Crippen LogP contribution in [0.15, 0.2) is 29.4 Å². The Bertz CT molecular complexity index is 448. The second kappa shape index (κ2) is 20.7. The summed E-state index contributed by atoms with van der Waals surface area (Å²) in [7, 11) is 0. The molecule has 8 nitrogen and oxygen atoms in total. The van der Waals surface area contributed by atoms with E-state index in [1.54, 1.807) is 12.4 Å². The summed E-state index contributed by atoms with van der Waals surface area (Å²) in [6.07, 6.45) is 3.37. The number of hydrogen-bond acceptors (Lipinski definition) is 5. The quantitative estimate of drug-likeness (QED) is 0.147. The first-order chi connectivity index (χ1) is 10.3. The van der Waals surface area contributed by atoms with Crippen molar-refractivity contribution in [1.82, 2.24) is 4.98 Å². The van der Waals surface area contributed by atoms with Crippen molar-refractivity contribution in [3.05, 3.63) is 50.0 Å². The van der Waals surface area contributed by atoms with E-state index < -0.39 is 5.97 Å². The van der Waals surface area contributed by atoms with Crippen LogP contribution in [0.2, 0.25) is 0 Å². The normalized spacial score (nSPS) is 12.1. The summed E-state index contributed by atoms with van der Waals surface area (Å²) in [5.74, 6) is -0.944. The first-order valence-corrected chi connectivity index (χ1v) is 5.37. The molecule has 0 spiro atoms. The molecule has 1 fully saturated rings. The molecule has 125 valence electrons. The second-order valence-corrected chi connectivity index (χ2v) is 3.01. The van der Waals surface area contributed by atoms with Gasteiger partial charge in [0.1, 0.15) is 6.54 Å². The minimum Gasteiger partial charge on any atom is -1.00 e. The SMILES string of the molecule is CCOC1(CN=Cc2ccccn2)OO1.[C-]#[O+].[C-]#[O+].[C-]#[O+].[Cl-].[Mn]. The van der Waals surface area contributed by atoms with E-state index in [9.17, 15) is 0 Å². The number of pyridine rings is 1. The zero-order valence-electron chi connectivity index (χ0n) is 11.9. The summed E-state index contributed by atoms with van der Waals surface area (Å²) < 4.78 is 27.7. The van der Waals surface area contributed by atoms with Crippen LogP contribution in [-0.2, 0) is 45.5 Å². The minimum atomic E-state index is -0.944. The molecule has 1 radical (unpaired) electrons. The molecule has 1 aromatic heterocycles. The van der Waals surface area contributed by atoms with E-state index in [1.165, 1.54) is 0 Å². The Labute approximate surface area is 150 Å². The number of ether oxygens (including phenoxy) is 1. The molecule has 2 rings (SSSR count). The summed E-state index contributed by atoms with van der Waals surface area (Å²) in [5, 5.41) is 0. The Balaban J connectivity index is -0.000000204. The van der Waals surface area contributed by atoms with Gasteiger partial charge < -0.3 is 17.1 Å². The zero-order valence-corrected chi connectivity index (χ0v) is 13.8. The van der Waals surface area contributed by atoms with Gasteiger partial charge in [-0.1, -0.05) is 6.07 Å². The van der Waals surface area contributed by atoms with Crippen LogP contribution in [0, 0.1) is 20.0 Å². The maximum atomic E-state index is 7.50. The van der Waals surface area contributed by atoms with Gasteiger partial charge in [0.25, 0.3) is 0 Å². The molecule has 0 amide bonds. The predicted molar refractivity (Wildman–Crippen MR) is 65.0 cm³/mol. The molecule has 2 heterocycles. The van der Waals surface area contributed by atoms with Gasteiger partial charge in [-0.25, -0.2) is 0 Å². The fourth-order valence-corrected chi connectivity index (χ4v) is 1.12. The average molecular weight is 383 g/mol. The van der Waals surface area contributed by atoms with Gasteiger partial charge in [0.15, 0.2) is 0 Å². The predicted octanol–water partition coefficient (Wildman–Crippen LogP) is -1.96. The van der Waals surface area contributed by atoms with Crippen LogP contribution in [0.4, 0.5) is 0 Å². The molecule has 0 unspecified atom stereocenters. The van der Waals surface area contributed by atoms with E-state index in [-0.39, 0.29) is 29.5 Å². The Hall–Kier alpha value is -1.27. The van der Waals surface area contributed by atoms with Crippen molar-refractivity contribution in [2.75, 3.05) is 13.2 Å². The molecule has 0 aliphatic carbocycles. The number of nitrogens with zero attached hydrogens (tertiary/aromatic N) is 2. The molecule has 0 bridgehead atoms. The van der Waals surface area contributed by atoms with E-state index in [4.69, 9.17) is 28.5 Å². The summed E-state index contributed by atoms with van der Waals surface area (Å²) in [6, 6.07) is 5.62. The largest absolute Gasteiger partial charge is 1.00 e. The van der Waals surface area contributed by atoms with E-state index in [0.717, 1.165) is 5.69 Å². The van der Waals surface area contributed by atoms with Crippen molar-refractivity contribution in [2.24, 2.45) is 4.99 Å². The molecule has 1 saturated heterocycles. The van der Waals surface area contributed by atoms with Crippen molar-refractivity contribution in [3.8, 4) is 0 Å². The molecule has 1 aliphatic rings. The Morgan fingerprint density at radius 1 is 1.22 bits per heavy atom. The number of halogens is 1. The first-order valence-electron chi connectivity index (χ1n) is 5.37. The van der Waals surface area contributed by atoms with Crippen LogP contribution in [0.5, 0.6) is 0 Å². The number of aromatic nitrogens is 1. The van der Waals surface area contributed by atoms with Gasteiger partial charge >= 0.3 is 39.9 Å². The Kier molecular flexibility index (Phi) is 26.8. The number of rotatable bonds is 5. The first kappa shape index (κ1) is 29.7. The van der Waals surface area contributed by atoms with Crippen molar-refractivity contribution in [3.63, 3.8) is 0 Å². The van der Waals surface area contributed by atoms with Gasteiger partial charge in [-0.05, 0) is 19.1 Å². The molecule has 0 aromatic carbocycles. The molecule has 0 N–H and O–H groups in total. The minimum absolute atomic E-state index is 0. The molecule has 23 heavy (non-hydrogen) atoms. The van der Waals surface area contributed by atoms with Gasteiger partial charge in [-0.2, -0.15) is 9.78 Å². The van der Waals surface area contributed by atoms with E-state index >= 15 is 0 Å². The molecule has 1 aliphatic heterocycles. The fraction of sp³-hybridized carbons (Fsp3) is 0.308. The molecule has 0 saturated carbocycles. The molecular weight excluding hydrogens is 371 g/mol. The topological polar surface area (TPSA) is 119 Å². The van der Waals surface area contributed by atoms with E-state index in [1.807, 2.05) is 25.1 Å². The third-order valence-corrected chi connectivity index (χ3v) is 1.83. The molecule has 0 atom stereocenters. The Morgan fingerprint density at radius 3 is 2.17 bits per heavy atom. The Morgan fingerprint density at radius 2 is 1.78 bits per heavy atom. The van der Waals surface area contributed by atoms with Gasteiger partial charge in [0.2, 0.25) is 0 Å². The van der Waals surface area contributed by atoms with Gasteiger partial charge in [-0.15, -0.1) is 0 Å². The third-order valence-electron chi connectivity index (χ3n) is 1.83. The molecular formula is C13H12ClMnN2O6-. The van der Waals surface area contributed by atoms with Crippen LogP contribution in [0.3, 0.4) is 0 Å². The van der Waals surface area contributed by atoms with Gasteiger partial charge in [-0.3, -0.25) is 9.98 Å². The number of aliphatic imine (C=N–C) groups is 1. The van der Waals surface area contributed by atoms with Crippen LogP contribution in [0.1, 0.15) is 12.6 Å². The van der Waals surface area contributed by atoms with Gasteiger partial charge in [0.05, 0.1) is 5.69 Å². The van der Waals surface area contributed by atoms with Crippen molar-refractivity contribution in [2.45, 2.75) is 12.9 Å².